The van der Waals surface area contributed by atoms with E-state index in [4.69, 9.17) is 33.4 Å². The molecule has 1 atom stereocenters. The van der Waals surface area contributed by atoms with E-state index < -0.39 is 0 Å². The van der Waals surface area contributed by atoms with E-state index in [1.165, 1.54) is 0 Å². The second-order valence-electron chi connectivity index (χ2n) is 3.29. The number of nitrogens with zero attached hydrogens (tertiary/aromatic N) is 2. The lowest BCUT2D eigenvalue weighted by Gasteiger charge is -2.18. The fourth-order valence-electron chi connectivity index (χ4n) is 1.25. The summed E-state index contributed by atoms with van der Waals surface area (Å²) in [6.45, 7) is 2.32. The highest BCUT2D eigenvalue weighted by Crippen LogP contribution is 2.19. The van der Waals surface area contributed by atoms with E-state index in [0.717, 1.165) is 0 Å². The van der Waals surface area contributed by atoms with Gasteiger partial charge in [0.2, 0.25) is 0 Å². The van der Waals surface area contributed by atoms with Crippen molar-refractivity contribution in [1.82, 2.24) is 9.78 Å². The van der Waals surface area contributed by atoms with Gasteiger partial charge >= 0.3 is 0 Å². The monoisotopic (exact) mass is 247 g/mol. The minimum absolute atomic E-state index is 0.0526. The number of ether oxygens (including phenoxy) is 1. The zero-order valence-electron chi connectivity index (χ0n) is 8.28. The molecule has 0 bridgehead atoms. The molecule has 0 saturated heterocycles. The molecule has 1 aliphatic rings. The molecular weight excluding hydrogens is 238 g/mol. The minimum Gasteiger partial charge on any atom is -0.468 e. The van der Waals surface area contributed by atoms with E-state index in [2.05, 4.69) is 10.3 Å². The largest absolute Gasteiger partial charge is 0.468 e. The van der Waals surface area contributed by atoms with Gasteiger partial charge in [0.15, 0.2) is 6.61 Å². The quantitative estimate of drug-likeness (QED) is 0.771. The second-order valence-corrected chi connectivity index (χ2v) is 4.05. The van der Waals surface area contributed by atoms with Crippen molar-refractivity contribution in [1.29, 1.82) is 0 Å². The van der Waals surface area contributed by atoms with E-state index >= 15 is 0 Å². The Morgan fingerprint density at radius 3 is 2.93 bits per heavy atom. The van der Waals surface area contributed by atoms with Gasteiger partial charge in [0.1, 0.15) is 21.5 Å². The third kappa shape index (κ3) is 1.87. The van der Waals surface area contributed by atoms with Crippen LogP contribution in [0.3, 0.4) is 0 Å². The summed E-state index contributed by atoms with van der Waals surface area (Å²) in [5.74, 6) is 0.334. The van der Waals surface area contributed by atoms with Crippen molar-refractivity contribution in [2.75, 3.05) is 6.61 Å². The van der Waals surface area contributed by atoms with E-state index in [-0.39, 0.29) is 6.10 Å². The molecule has 1 aromatic rings. The van der Waals surface area contributed by atoms with Gasteiger partial charge in [0.05, 0.1) is 0 Å². The Kier molecular flexibility index (Phi) is 2.70. The Labute approximate surface area is 96.6 Å². The zero-order valence-corrected chi connectivity index (χ0v) is 9.85. The van der Waals surface area contributed by atoms with Gasteiger partial charge in [-0.3, -0.25) is 9.78 Å². The van der Waals surface area contributed by atoms with Gasteiger partial charge < -0.3 is 9.57 Å². The third-order valence-corrected chi connectivity index (χ3v) is 2.74. The predicted octanol–water partition coefficient (Wildman–Crippen LogP) is 1.83. The number of aromatic nitrogens is 2. The number of oxime groups is 1. The predicted molar refractivity (Wildman–Crippen MR) is 58.6 cm³/mol. The molecule has 15 heavy (non-hydrogen) atoms. The molecule has 1 aromatic heterocycles. The SMILES string of the molecule is CC1CON=C(c2c(Cl)[nH]n(C)c2=S)O1. The van der Waals surface area contributed by atoms with Crippen LogP contribution in [0.5, 0.6) is 0 Å². The third-order valence-electron chi connectivity index (χ3n) is 1.99. The molecule has 2 heterocycles. The lowest BCUT2D eigenvalue weighted by Crippen LogP contribution is -2.25. The Balaban J connectivity index is 2.45. The van der Waals surface area contributed by atoms with Crippen LogP contribution in [0.4, 0.5) is 0 Å². The summed E-state index contributed by atoms with van der Waals surface area (Å²) in [6, 6.07) is 0. The number of H-pyrrole nitrogens is 1. The van der Waals surface area contributed by atoms with Crippen molar-refractivity contribution in [3.63, 3.8) is 0 Å². The van der Waals surface area contributed by atoms with Gasteiger partial charge in [0.25, 0.3) is 5.90 Å². The number of rotatable bonds is 1. The number of halogens is 1. The van der Waals surface area contributed by atoms with Gasteiger partial charge in [0, 0.05) is 7.05 Å². The number of nitrogens with one attached hydrogen (secondary N) is 1. The lowest BCUT2D eigenvalue weighted by molar-refractivity contribution is 0.0196. The van der Waals surface area contributed by atoms with Crippen LogP contribution < -0.4 is 0 Å². The molecule has 7 heteroatoms. The summed E-state index contributed by atoms with van der Waals surface area (Å²) in [4.78, 5) is 5.00. The fourth-order valence-corrected chi connectivity index (χ4v) is 1.84. The molecule has 0 spiro atoms. The summed E-state index contributed by atoms with van der Waals surface area (Å²) < 4.78 is 7.65. The first-order valence-corrected chi connectivity index (χ1v) is 5.19. The molecule has 0 saturated carbocycles. The smallest absolute Gasteiger partial charge is 0.264 e. The topological polar surface area (TPSA) is 51.5 Å². The average molecular weight is 248 g/mol. The van der Waals surface area contributed by atoms with Gasteiger partial charge in [-0.05, 0) is 12.1 Å². The Bertz CT molecular complexity index is 465. The molecular formula is C8H10ClN3O2S. The van der Waals surface area contributed by atoms with Crippen LogP contribution in [0.25, 0.3) is 0 Å². The Hall–Kier alpha value is -1.01. The first-order valence-electron chi connectivity index (χ1n) is 4.41. The molecule has 0 radical (unpaired) electrons. The molecule has 0 amide bonds. The Morgan fingerprint density at radius 2 is 2.40 bits per heavy atom. The maximum absolute atomic E-state index is 5.97. The molecule has 0 aliphatic carbocycles. The van der Waals surface area contributed by atoms with Crippen LogP contribution in [-0.2, 0) is 16.6 Å². The summed E-state index contributed by atoms with van der Waals surface area (Å²) in [7, 11) is 1.77. The molecule has 0 aromatic carbocycles. The molecule has 0 fully saturated rings. The van der Waals surface area contributed by atoms with Crippen molar-refractivity contribution in [3.05, 3.63) is 15.4 Å². The lowest BCUT2D eigenvalue weighted by atomic mass is 10.3. The van der Waals surface area contributed by atoms with Crippen LogP contribution in [0.15, 0.2) is 5.16 Å². The fraction of sp³-hybridized carbons (Fsp3) is 0.500. The number of aryl methyl sites for hydroxylation is 1. The van der Waals surface area contributed by atoms with Gasteiger partial charge in [-0.25, -0.2) is 0 Å². The molecule has 2 rings (SSSR count). The number of hydrogen-bond acceptors (Lipinski definition) is 4. The van der Waals surface area contributed by atoms with Crippen LogP contribution >= 0.6 is 23.8 Å². The van der Waals surface area contributed by atoms with Gasteiger partial charge in [-0.2, -0.15) is 0 Å². The second kappa shape index (κ2) is 3.86. The summed E-state index contributed by atoms with van der Waals surface area (Å²) in [5, 5.41) is 7.05. The van der Waals surface area contributed by atoms with Crippen LogP contribution in [0.2, 0.25) is 5.15 Å². The Morgan fingerprint density at radius 1 is 1.67 bits per heavy atom. The minimum atomic E-state index is -0.0526. The van der Waals surface area contributed by atoms with Crippen LogP contribution in [-0.4, -0.2) is 28.4 Å². The number of hydrogen-bond donors (Lipinski definition) is 1. The molecule has 82 valence electrons. The molecule has 1 unspecified atom stereocenters. The van der Waals surface area contributed by atoms with Crippen molar-refractivity contribution in [3.8, 4) is 0 Å². The van der Waals surface area contributed by atoms with Gasteiger partial charge in [-0.1, -0.05) is 23.8 Å². The first-order chi connectivity index (χ1) is 7.09. The van der Waals surface area contributed by atoms with Crippen LogP contribution in [0.1, 0.15) is 12.5 Å². The normalized spacial score (nSPS) is 20.5. The maximum atomic E-state index is 5.97. The molecule has 1 N–H and O–H groups in total. The summed E-state index contributed by atoms with van der Waals surface area (Å²) in [6.07, 6.45) is -0.0526. The van der Waals surface area contributed by atoms with E-state index in [1.54, 1.807) is 11.7 Å². The molecule has 5 nitrogen and oxygen atoms in total. The van der Waals surface area contributed by atoms with E-state index in [1.807, 2.05) is 6.92 Å². The highest BCUT2D eigenvalue weighted by Gasteiger charge is 2.22. The maximum Gasteiger partial charge on any atom is 0.264 e. The van der Waals surface area contributed by atoms with Crippen LogP contribution in [0, 0.1) is 4.64 Å². The van der Waals surface area contributed by atoms with Gasteiger partial charge in [-0.15, -0.1) is 0 Å². The average Bonchev–Trinajstić information content (AvgIpc) is 2.41. The summed E-state index contributed by atoms with van der Waals surface area (Å²) in [5.41, 5.74) is 0.570. The zero-order chi connectivity index (χ0) is 11.0. The van der Waals surface area contributed by atoms with E-state index in [0.29, 0.717) is 27.9 Å². The highest BCUT2D eigenvalue weighted by molar-refractivity contribution is 7.71. The number of aromatic amines is 1. The van der Waals surface area contributed by atoms with Crippen molar-refractivity contribution in [2.24, 2.45) is 12.2 Å². The van der Waals surface area contributed by atoms with Crippen molar-refractivity contribution >= 4 is 29.7 Å². The first kappa shape index (κ1) is 10.5. The van der Waals surface area contributed by atoms with Crippen molar-refractivity contribution < 1.29 is 9.57 Å². The highest BCUT2D eigenvalue weighted by atomic mass is 35.5. The molecule has 1 aliphatic heterocycles. The standard InChI is InChI=1S/C8H10ClN3O2S/c1-4-3-13-11-7(14-4)5-6(9)10-12(2)8(5)15/h4,10H,3H2,1-2H3. The van der Waals surface area contributed by atoms with E-state index in [9.17, 15) is 0 Å². The summed E-state index contributed by atoms with van der Waals surface area (Å²) >= 11 is 11.1. The van der Waals surface area contributed by atoms with Crippen molar-refractivity contribution in [2.45, 2.75) is 13.0 Å².